The smallest absolute Gasteiger partial charge is 0.104 e. The van der Waals surface area contributed by atoms with E-state index in [0.29, 0.717) is 66.1 Å². The van der Waals surface area contributed by atoms with Gasteiger partial charge in [-0.05, 0) is 18.6 Å². The van der Waals surface area contributed by atoms with Crippen molar-refractivity contribution in [3.8, 4) is 0 Å². The number of thiol groups is 1. The second-order valence-corrected chi connectivity index (χ2v) is 8.19. The van der Waals surface area contributed by atoms with E-state index in [9.17, 15) is 0 Å². The van der Waals surface area contributed by atoms with Crippen molar-refractivity contribution in [3.63, 3.8) is 0 Å². The first-order valence-corrected chi connectivity index (χ1v) is 12.7. The second-order valence-electron chi connectivity index (χ2n) is 7.74. The van der Waals surface area contributed by atoms with Crippen LogP contribution in [0, 0.1) is 0 Å². The molecule has 180 valence electrons. The number of ether oxygens (including phenoxy) is 6. The van der Waals surface area contributed by atoms with Crippen LogP contribution in [0.4, 0.5) is 0 Å². The highest BCUT2D eigenvalue weighted by Crippen LogP contribution is 2.11. The molecule has 1 atom stereocenters. The fourth-order valence-corrected chi connectivity index (χ4v) is 3.46. The van der Waals surface area contributed by atoms with Gasteiger partial charge in [-0.2, -0.15) is 12.6 Å². The van der Waals surface area contributed by atoms with Gasteiger partial charge in [0, 0.05) is 6.61 Å². The molecule has 0 N–H and O–H groups in total. The van der Waals surface area contributed by atoms with Crippen LogP contribution in [0.25, 0.3) is 0 Å². The Morgan fingerprint density at radius 3 is 1.60 bits per heavy atom. The van der Waals surface area contributed by atoms with E-state index < -0.39 is 0 Å². The highest BCUT2D eigenvalue weighted by atomic mass is 32.1. The first-order chi connectivity index (χ1) is 14.9. The molecule has 0 aliphatic carbocycles. The fourth-order valence-electron chi connectivity index (χ4n) is 3.24. The lowest BCUT2D eigenvalue weighted by Crippen LogP contribution is -2.28. The summed E-state index contributed by atoms with van der Waals surface area (Å²) in [6.07, 6.45) is 13.1. The van der Waals surface area contributed by atoms with Crippen LogP contribution < -0.4 is 0 Å². The van der Waals surface area contributed by atoms with Crippen molar-refractivity contribution < 1.29 is 28.4 Å². The van der Waals surface area contributed by atoms with Gasteiger partial charge in [-0.1, -0.05) is 51.4 Å². The van der Waals surface area contributed by atoms with Crippen molar-refractivity contribution in [2.75, 3.05) is 78.4 Å². The predicted molar refractivity (Wildman–Crippen MR) is 124 cm³/mol. The van der Waals surface area contributed by atoms with Crippen LogP contribution in [0.15, 0.2) is 0 Å². The average molecular weight is 451 g/mol. The molecule has 1 rings (SSSR count). The molecule has 0 saturated carbocycles. The van der Waals surface area contributed by atoms with Crippen LogP contribution in [0.5, 0.6) is 0 Å². The molecule has 0 bridgehead atoms. The highest BCUT2D eigenvalue weighted by Gasteiger charge is 2.10. The third-order valence-corrected chi connectivity index (χ3v) is 5.32. The zero-order valence-corrected chi connectivity index (χ0v) is 19.9. The van der Waals surface area contributed by atoms with Gasteiger partial charge in [0.05, 0.1) is 66.1 Å². The lowest BCUT2D eigenvalue weighted by atomic mass is 10.1. The summed E-state index contributed by atoms with van der Waals surface area (Å²) in [7, 11) is 0. The molecular formula is C23H46O6S. The van der Waals surface area contributed by atoms with E-state index in [1.54, 1.807) is 0 Å². The molecule has 1 aliphatic rings. The molecule has 1 fully saturated rings. The SMILES string of the molecule is SCCCCCCCCCCCCOCC1COCCOCCOCCOCCO1. The van der Waals surface area contributed by atoms with Gasteiger partial charge in [0.2, 0.25) is 0 Å². The summed E-state index contributed by atoms with van der Waals surface area (Å²) >= 11 is 4.25. The maximum Gasteiger partial charge on any atom is 0.104 e. The summed E-state index contributed by atoms with van der Waals surface area (Å²) in [5, 5.41) is 0. The molecule has 1 aliphatic heterocycles. The molecule has 0 spiro atoms. The van der Waals surface area contributed by atoms with E-state index in [0.717, 1.165) is 18.8 Å². The van der Waals surface area contributed by atoms with E-state index in [-0.39, 0.29) is 6.10 Å². The minimum atomic E-state index is -0.0578. The molecular weight excluding hydrogens is 404 g/mol. The summed E-state index contributed by atoms with van der Waals surface area (Å²) in [5.74, 6) is 1.03. The van der Waals surface area contributed by atoms with Gasteiger partial charge in [0.25, 0.3) is 0 Å². The van der Waals surface area contributed by atoms with E-state index in [1.165, 1.54) is 57.8 Å². The molecule has 0 amide bonds. The molecule has 7 heteroatoms. The third kappa shape index (κ3) is 20.0. The summed E-state index contributed by atoms with van der Waals surface area (Å²) in [6.45, 7) is 6.46. The number of hydrogen-bond acceptors (Lipinski definition) is 7. The second kappa shape index (κ2) is 23.8. The molecule has 1 unspecified atom stereocenters. The van der Waals surface area contributed by atoms with E-state index in [1.807, 2.05) is 0 Å². The van der Waals surface area contributed by atoms with Crippen molar-refractivity contribution in [2.24, 2.45) is 0 Å². The first kappa shape index (κ1) is 28.1. The summed E-state index contributed by atoms with van der Waals surface area (Å²) in [4.78, 5) is 0. The molecule has 0 radical (unpaired) electrons. The van der Waals surface area contributed by atoms with Gasteiger partial charge in [-0.25, -0.2) is 0 Å². The van der Waals surface area contributed by atoms with Gasteiger partial charge < -0.3 is 28.4 Å². The highest BCUT2D eigenvalue weighted by molar-refractivity contribution is 7.80. The number of unbranched alkanes of at least 4 members (excludes halogenated alkanes) is 9. The quantitative estimate of drug-likeness (QED) is 0.315. The first-order valence-electron chi connectivity index (χ1n) is 12.0. The fraction of sp³-hybridized carbons (Fsp3) is 1.00. The minimum absolute atomic E-state index is 0.0578. The van der Waals surface area contributed by atoms with Crippen LogP contribution in [0.1, 0.15) is 64.2 Å². The largest absolute Gasteiger partial charge is 0.379 e. The van der Waals surface area contributed by atoms with Gasteiger partial charge in [0.1, 0.15) is 6.10 Å². The van der Waals surface area contributed by atoms with Crippen LogP contribution in [0.3, 0.4) is 0 Å². The van der Waals surface area contributed by atoms with Crippen molar-refractivity contribution in [1.29, 1.82) is 0 Å². The number of hydrogen-bond donors (Lipinski definition) is 1. The summed E-state index contributed by atoms with van der Waals surface area (Å²) in [6, 6.07) is 0. The number of rotatable bonds is 14. The molecule has 1 saturated heterocycles. The van der Waals surface area contributed by atoms with Crippen molar-refractivity contribution in [1.82, 2.24) is 0 Å². The Kier molecular flexibility index (Phi) is 22.3. The Hall–Kier alpha value is 0.110. The Morgan fingerprint density at radius 2 is 1.03 bits per heavy atom. The molecule has 6 nitrogen and oxygen atoms in total. The van der Waals surface area contributed by atoms with Crippen molar-refractivity contribution in [2.45, 2.75) is 70.3 Å². The minimum Gasteiger partial charge on any atom is -0.379 e. The van der Waals surface area contributed by atoms with E-state index >= 15 is 0 Å². The standard InChI is InChI=1S/C23H46O6S/c30-20-10-8-6-4-2-1-3-5-7-9-11-27-21-23-22-28-17-16-25-13-12-24-14-15-26-18-19-29-23/h23,30H,1-22H2. The van der Waals surface area contributed by atoms with Gasteiger partial charge in [0.15, 0.2) is 0 Å². The molecule has 0 aromatic carbocycles. The van der Waals surface area contributed by atoms with Crippen LogP contribution in [0.2, 0.25) is 0 Å². The van der Waals surface area contributed by atoms with Gasteiger partial charge in [-0.3, -0.25) is 0 Å². The normalized spacial score (nSPS) is 20.5. The Balaban J connectivity index is 1.97. The Morgan fingerprint density at radius 1 is 0.567 bits per heavy atom. The molecule has 0 aromatic rings. The molecule has 1 heterocycles. The lowest BCUT2D eigenvalue weighted by molar-refractivity contribution is -0.0778. The molecule has 0 aromatic heterocycles. The maximum absolute atomic E-state index is 5.86. The monoisotopic (exact) mass is 450 g/mol. The van der Waals surface area contributed by atoms with Gasteiger partial charge in [-0.15, -0.1) is 0 Å². The van der Waals surface area contributed by atoms with E-state index in [4.69, 9.17) is 28.4 Å². The summed E-state index contributed by atoms with van der Waals surface area (Å²) < 4.78 is 33.8. The zero-order valence-electron chi connectivity index (χ0n) is 19.0. The average Bonchev–Trinajstić information content (AvgIpc) is 2.77. The zero-order chi connectivity index (χ0) is 21.4. The van der Waals surface area contributed by atoms with Gasteiger partial charge >= 0.3 is 0 Å². The molecule has 30 heavy (non-hydrogen) atoms. The third-order valence-electron chi connectivity index (χ3n) is 5.00. The van der Waals surface area contributed by atoms with Crippen LogP contribution in [-0.4, -0.2) is 84.5 Å². The lowest BCUT2D eigenvalue weighted by Gasteiger charge is -2.18. The van der Waals surface area contributed by atoms with Crippen LogP contribution >= 0.6 is 12.6 Å². The predicted octanol–water partition coefficient (Wildman–Crippen LogP) is 4.30. The van der Waals surface area contributed by atoms with E-state index in [2.05, 4.69) is 12.6 Å². The summed E-state index contributed by atoms with van der Waals surface area (Å²) in [5.41, 5.74) is 0. The Labute approximate surface area is 190 Å². The topological polar surface area (TPSA) is 55.4 Å². The van der Waals surface area contributed by atoms with Crippen molar-refractivity contribution >= 4 is 12.6 Å². The van der Waals surface area contributed by atoms with Crippen LogP contribution in [-0.2, 0) is 28.4 Å². The Bertz CT molecular complexity index is 319. The maximum atomic E-state index is 5.86. The van der Waals surface area contributed by atoms with Crippen molar-refractivity contribution in [3.05, 3.63) is 0 Å².